The van der Waals surface area contributed by atoms with Crippen molar-refractivity contribution in [2.75, 3.05) is 6.54 Å². The summed E-state index contributed by atoms with van der Waals surface area (Å²) in [5.74, 6) is -0.287. The van der Waals surface area contributed by atoms with Crippen LogP contribution in [-0.2, 0) is 13.0 Å². The van der Waals surface area contributed by atoms with Gasteiger partial charge < -0.3 is 5.73 Å². The molecule has 0 radical (unpaired) electrons. The van der Waals surface area contributed by atoms with Gasteiger partial charge in [0, 0.05) is 16.8 Å². The van der Waals surface area contributed by atoms with E-state index in [0.29, 0.717) is 23.7 Å². The van der Waals surface area contributed by atoms with Crippen LogP contribution in [-0.4, -0.2) is 21.5 Å². The average molecular weight is 283 g/mol. The lowest BCUT2D eigenvalue weighted by Crippen LogP contribution is -2.02. The van der Waals surface area contributed by atoms with Crippen LogP contribution in [0.4, 0.5) is 4.39 Å². The number of hydrogen-bond acceptors (Lipinski definition) is 3. The molecule has 0 saturated heterocycles. The third-order valence-corrected chi connectivity index (χ3v) is 3.05. The van der Waals surface area contributed by atoms with Crippen molar-refractivity contribution < 1.29 is 4.39 Å². The van der Waals surface area contributed by atoms with E-state index in [2.05, 4.69) is 10.3 Å². The van der Waals surface area contributed by atoms with E-state index in [9.17, 15) is 4.39 Å². The van der Waals surface area contributed by atoms with E-state index in [-0.39, 0.29) is 5.82 Å². The highest BCUT2D eigenvalue weighted by atomic mass is 35.5. The molecule has 1 aromatic carbocycles. The summed E-state index contributed by atoms with van der Waals surface area (Å²) in [5.41, 5.74) is 6.84. The van der Waals surface area contributed by atoms with E-state index in [4.69, 9.17) is 17.3 Å². The molecule has 4 nitrogen and oxygen atoms in total. The number of rotatable bonds is 6. The van der Waals surface area contributed by atoms with Crippen molar-refractivity contribution in [2.24, 2.45) is 5.73 Å². The molecular formula is C13H16ClFN4. The van der Waals surface area contributed by atoms with Crippen LogP contribution in [0.1, 0.15) is 24.1 Å². The molecule has 0 fully saturated rings. The Morgan fingerprint density at radius 1 is 1.32 bits per heavy atom. The van der Waals surface area contributed by atoms with Crippen molar-refractivity contribution in [1.29, 1.82) is 0 Å². The molecule has 0 bridgehead atoms. The van der Waals surface area contributed by atoms with Gasteiger partial charge in [0.2, 0.25) is 0 Å². The van der Waals surface area contributed by atoms with Crippen LogP contribution in [0.3, 0.4) is 0 Å². The first-order chi connectivity index (χ1) is 9.19. The molecule has 2 aromatic rings. The van der Waals surface area contributed by atoms with Crippen molar-refractivity contribution in [1.82, 2.24) is 15.0 Å². The maximum absolute atomic E-state index is 13.6. The lowest BCUT2D eigenvalue weighted by atomic mass is 10.2. The summed E-state index contributed by atoms with van der Waals surface area (Å²) in [4.78, 5) is 0. The Morgan fingerprint density at radius 2 is 2.16 bits per heavy atom. The van der Waals surface area contributed by atoms with E-state index >= 15 is 0 Å². The zero-order valence-corrected chi connectivity index (χ0v) is 11.3. The van der Waals surface area contributed by atoms with E-state index in [1.54, 1.807) is 10.7 Å². The van der Waals surface area contributed by atoms with Gasteiger partial charge in [0.15, 0.2) is 0 Å². The molecule has 0 amide bonds. The summed E-state index contributed by atoms with van der Waals surface area (Å²) >= 11 is 5.85. The number of nitrogens with zero attached hydrogens (tertiary/aromatic N) is 3. The van der Waals surface area contributed by atoms with Crippen molar-refractivity contribution in [3.05, 3.63) is 46.5 Å². The second-order valence-corrected chi connectivity index (χ2v) is 4.83. The van der Waals surface area contributed by atoms with Gasteiger partial charge in [-0.3, -0.25) is 0 Å². The lowest BCUT2D eigenvalue weighted by molar-refractivity contribution is 0.577. The highest BCUT2D eigenvalue weighted by Crippen LogP contribution is 2.15. The Labute approximate surface area is 116 Å². The van der Waals surface area contributed by atoms with Crippen LogP contribution in [0.25, 0.3) is 0 Å². The monoisotopic (exact) mass is 282 g/mol. The average Bonchev–Trinajstić information content (AvgIpc) is 2.82. The van der Waals surface area contributed by atoms with Gasteiger partial charge in [0.05, 0.1) is 12.2 Å². The molecule has 1 aromatic heterocycles. The molecule has 19 heavy (non-hydrogen) atoms. The number of nitrogens with two attached hydrogens (primary N) is 1. The van der Waals surface area contributed by atoms with Crippen LogP contribution in [0.2, 0.25) is 5.02 Å². The van der Waals surface area contributed by atoms with Crippen molar-refractivity contribution in [2.45, 2.75) is 25.8 Å². The summed E-state index contributed by atoms with van der Waals surface area (Å²) in [5, 5.41) is 8.55. The van der Waals surface area contributed by atoms with Crippen LogP contribution < -0.4 is 5.73 Å². The molecule has 6 heteroatoms. The number of aryl methyl sites for hydroxylation is 1. The van der Waals surface area contributed by atoms with Crippen LogP contribution in [0.5, 0.6) is 0 Å². The Balaban J connectivity index is 2.01. The molecule has 0 spiro atoms. The molecular weight excluding hydrogens is 267 g/mol. The molecule has 1 heterocycles. The lowest BCUT2D eigenvalue weighted by Gasteiger charge is -2.03. The van der Waals surface area contributed by atoms with Crippen LogP contribution in [0, 0.1) is 5.82 Å². The minimum atomic E-state index is -0.287. The SMILES string of the molecule is NCCCCc1cn(Cc2cc(Cl)ccc2F)nn1. The summed E-state index contributed by atoms with van der Waals surface area (Å²) < 4.78 is 15.2. The highest BCUT2D eigenvalue weighted by molar-refractivity contribution is 6.30. The third kappa shape index (κ3) is 4.01. The van der Waals surface area contributed by atoms with Crippen LogP contribution in [0.15, 0.2) is 24.4 Å². The second-order valence-electron chi connectivity index (χ2n) is 4.39. The maximum Gasteiger partial charge on any atom is 0.128 e. The minimum Gasteiger partial charge on any atom is -0.330 e. The molecule has 2 N–H and O–H groups in total. The third-order valence-electron chi connectivity index (χ3n) is 2.81. The van der Waals surface area contributed by atoms with E-state index in [0.717, 1.165) is 25.0 Å². The smallest absolute Gasteiger partial charge is 0.128 e. The first kappa shape index (κ1) is 14.0. The van der Waals surface area contributed by atoms with Gasteiger partial charge in [-0.25, -0.2) is 9.07 Å². The van der Waals surface area contributed by atoms with E-state index < -0.39 is 0 Å². The Hall–Kier alpha value is -1.46. The van der Waals surface area contributed by atoms with Crippen molar-refractivity contribution >= 4 is 11.6 Å². The fraction of sp³-hybridized carbons (Fsp3) is 0.385. The van der Waals surface area contributed by atoms with Gasteiger partial charge in [0.1, 0.15) is 5.82 Å². The topological polar surface area (TPSA) is 56.7 Å². The number of benzene rings is 1. The summed E-state index contributed by atoms with van der Waals surface area (Å²) in [6.45, 7) is 1.01. The molecule has 0 atom stereocenters. The minimum absolute atomic E-state index is 0.287. The largest absolute Gasteiger partial charge is 0.330 e. The van der Waals surface area contributed by atoms with Gasteiger partial charge >= 0.3 is 0 Å². The zero-order chi connectivity index (χ0) is 13.7. The number of unbranched alkanes of at least 4 members (excludes halogenated alkanes) is 1. The molecule has 102 valence electrons. The second kappa shape index (κ2) is 6.63. The summed E-state index contributed by atoms with van der Waals surface area (Å²) in [7, 11) is 0. The predicted molar refractivity (Wildman–Crippen MR) is 72.5 cm³/mol. The summed E-state index contributed by atoms with van der Waals surface area (Å²) in [6.07, 6.45) is 4.63. The Kier molecular flexibility index (Phi) is 4.87. The van der Waals surface area contributed by atoms with Gasteiger partial charge in [-0.05, 0) is 44.0 Å². The molecule has 2 rings (SSSR count). The molecule has 0 saturated carbocycles. The Morgan fingerprint density at radius 3 is 2.95 bits per heavy atom. The first-order valence-corrected chi connectivity index (χ1v) is 6.60. The quantitative estimate of drug-likeness (QED) is 0.828. The number of halogens is 2. The van der Waals surface area contributed by atoms with Crippen molar-refractivity contribution in [3.63, 3.8) is 0 Å². The molecule has 0 aliphatic rings. The molecule has 0 aliphatic carbocycles. The van der Waals surface area contributed by atoms with Gasteiger partial charge in [-0.2, -0.15) is 0 Å². The van der Waals surface area contributed by atoms with Crippen molar-refractivity contribution in [3.8, 4) is 0 Å². The highest BCUT2D eigenvalue weighted by Gasteiger charge is 2.06. The zero-order valence-electron chi connectivity index (χ0n) is 10.5. The maximum atomic E-state index is 13.6. The van der Waals surface area contributed by atoms with Gasteiger partial charge in [-0.1, -0.05) is 16.8 Å². The Bertz CT molecular complexity index is 541. The number of hydrogen-bond donors (Lipinski definition) is 1. The molecule has 0 aliphatic heterocycles. The molecule has 0 unspecified atom stereocenters. The first-order valence-electron chi connectivity index (χ1n) is 6.22. The fourth-order valence-electron chi connectivity index (χ4n) is 1.82. The van der Waals surface area contributed by atoms with Gasteiger partial charge in [-0.15, -0.1) is 5.10 Å². The fourth-order valence-corrected chi connectivity index (χ4v) is 2.01. The predicted octanol–water partition coefficient (Wildman–Crippen LogP) is 2.40. The van der Waals surface area contributed by atoms with Crippen LogP contribution >= 0.6 is 11.6 Å². The summed E-state index contributed by atoms with van der Waals surface area (Å²) in [6, 6.07) is 4.49. The number of aromatic nitrogens is 3. The standard InChI is InChI=1S/C13H16ClFN4/c14-11-4-5-13(15)10(7-11)8-19-9-12(17-18-19)3-1-2-6-16/h4-5,7,9H,1-3,6,8,16H2. The van der Waals surface area contributed by atoms with E-state index in [1.807, 2.05) is 6.20 Å². The van der Waals surface area contributed by atoms with E-state index in [1.165, 1.54) is 12.1 Å². The normalized spacial score (nSPS) is 10.9. The van der Waals surface area contributed by atoms with Gasteiger partial charge in [0.25, 0.3) is 0 Å².